The van der Waals surface area contributed by atoms with E-state index < -0.39 is 0 Å². The molecule has 2 unspecified atom stereocenters. The molecule has 1 heterocycles. The van der Waals surface area contributed by atoms with Gasteiger partial charge in [-0.2, -0.15) is 0 Å². The summed E-state index contributed by atoms with van der Waals surface area (Å²) in [6.45, 7) is 0.561. The Bertz CT molecular complexity index is 302. The molecule has 0 bridgehead atoms. The molecule has 0 aromatic carbocycles. The predicted octanol–water partition coefficient (Wildman–Crippen LogP) is 1.57. The van der Waals surface area contributed by atoms with Gasteiger partial charge in [-0.1, -0.05) is 12.8 Å². The molecule has 3 N–H and O–H groups in total. The van der Waals surface area contributed by atoms with Crippen molar-refractivity contribution in [2.75, 3.05) is 6.54 Å². The van der Waals surface area contributed by atoms with Crippen molar-refractivity contribution >= 4 is 11.3 Å². The van der Waals surface area contributed by atoms with Crippen LogP contribution in [0.2, 0.25) is 0 Å². The summed E-state index contributed by atoms with van der Waals surface area (Å²) in [7, 11) is 0. The molecule has 3 nitrogen and oxygen atoms in total. The fraction of sp³-hybridized carbons (Fsp3) is 0.727. The second-order valence-electron chi connectivity index (χ2n) is 4.48. The summed E-state index contributed by atoms with van der Waals surface area (Å²) in [4.78, 5) is 4.29. The van der Waals surface area contributed by atoms with Gasteiger partial charge in [0.2, 0.25) is 0 Å². The first-order chi connectivity index (χ1) is 7.27. The molecule has 2 rings (SSSR count). The summed E-state index contributed by atoms with van der Waals surface area (Å²) >= 11 is 1.61. The van der Waals surface area contributed by atoms with E-state index in [9.17, 15) is 5.11 Å². The van der Waals surface area contributed by atoms with Crippen LogP contribution in [0.4, 0.5) is 0 Å². The Hall–Kier alpha value is -0.450. The summed E-state index contributed by atoms with van der Waals surface area (Å²) in [5.41, 5.74) is 8.66. The molecule has 4 heteroatoms. The monoisotopic (exact) mass is 226 g/mol. The number of nitrogens with zero attached hydrogens (tertiary/aromatic N) is 1. The van der Waals surface area contributed by atoms with Gasteiger partial charge in [0.1, 0.15) is 0 Å². The molecule has 84 valence electrons. The molecule has 2 atom stereocenters. The van der Waals surface area contributed by atoms with Crippen molar-refractivity contribution in [1.29, 1.82) is 0 Å². The number of aromatic nitrogens is 1. The molecule has 0 saturated heterocycles. The third kappa shape index (κ3) is 2.22. The van der Waals surface area contributed by atoms with Crippen molar-refractivity contribution < 1.29 is 5.11 Å². The van der Waals surface area contributed by atoms with Crippen LogP contribution < -0.4 is 5.73 Å². The average Bonchev–Trinajstić information content (AvgIpc) is 2.74. The van der Waals surface area contributed by atoms with E-state index in [0.717, 1.165) is 31.4 Å². The predicted molar refractivity (Wildman–Crippen MR) is 61.8 cm³/mol. The fourth-order valence-corrected chi connectivity index (χ4v) is 3.05. The van der Waals surface area contributed by atoms with Gasteiger partial charge in [0, 0.05) is 17.3 Å². The molecule has 0 radical (unpaired) electrons. The van der Waals surface area contributed by atoms with Gasteiger partial charge in [-0.25, -0.2) is 4.98 Å². The first-order valence-electron chi connectivity index (χ1n) is 5.52. The Morgan fingerprint density at radius 2 is 2.47 bits per heavy atom. The molecule has 1 aromatic rings. The minimum Gasteiger partial charge on any atom is -0.392 e. The highest BCUT2D eigenvalue weighted by molar-refractivity contribution is 7.07. The quantitative estimate of drug-likeness (QED) is 0.822. The molecular weight excluding hydrogens is 208 g/mol. The third-order valence-corrected chi connectivity index (χ3v) is 4.17. The average molecular weight is 226 g/mol. The van der Waals surface area contributed by atoms with Gasteiger partial charge in [-0.3, -0.25) is 0 Å². The maximum atomic E-state index is 10.1. The largest absolute Gasteiger partial charge is 0.392 e. The second kappa shape index (κ2) is 4.60. The van der Waals surface area contributed by atoms with Crippen molar-refractivity contribution in [3.8, 4) is 0 Å². The summed E-state index contributed by atoms with van der Waals surface area (Å²) in [6, 6.07) is 0. The molecule has 1 aliphatic carbocycles. The zero-order valence-corrected chi connectivity index (χ0v) is 9.67. The molecule has 0 aliphatic heterocycles. The lowest BCUT2D eigenvalue weighted by molar-refractivity contribution is -0.00636. The summed E-state index contributed by atoms with van der Waals surface area (Å²) in [5.74, 6) is 0. The van der Waals surface area contributed by atoms with Crippen molar-refractivity contribution in [3.63, 3.8) is 0 Å². The molecule has 1 saturated carbocycles. The van der Waals surface area contributed by atoms with Gasteiger partial charge in [0.05, 0.1) is 17.3 Å². The lowest BCUT2D eigenvalue weighted by Gasteiger charge is -2.40. The van der Waals surface area contributed by atoms with Crippen LogP contribution >= 0.6 is 11.3 Å². The van der Waals surface area contributed by atoms with Gasteiger partial charge in [-0.15, -0.1) is 11.3 Å². The number of aliphatic hydroxyl groups is 1. The zero-order valence-electron chi connectivity index (χ0n) is 8.85. The first kappa shape index (κ1) is 11.0. The highest BCUT2D eigenvalue weighted by Crippen LogP contribution is 2.38. The molecular formula is C11H18N2OS. The molecule has 0 spiro atoms. The van der Waals surface area contributed by atoms with E-state index in [0.29, 0.717) is 6.54 Å². The Balaban J connectivity index is 2.13. The van der Waals surface area contributed by atoms with Crippen LogP contribution in [0.5, 0.6) is 0 Å². The van der Waals surface area contributed by atoms with E-state index in [-0.39, 0.29) is 11.5 Å². The Kier molecular flexibility index (Phi) is 3.38. The Labute approximate surface area is 94.3 Å². The van der Waals surface area contributed by atoms with Crippen LogP contribution in [-0.4, -0.2) is 22.7 Å². The SMILES string of the molecule is NCC1(Cc2cscn2)CCCCC1O. The van der Waals surface area contributed by atoms with Gasteiger partial charge in [-0.05, 0) is 19.3 Å². The Morgan fingerprint density at radius 3 is 3.07 bits per heavy atom. The molecule has 1 aliphatic rings. The normalized spacial score (nSPS) is 31.7. The van der Waals surface area contributed by atoms with Gasteiger partial charge < -0.3 is 10.8 Å². The molecule has 1 aromatic heterocycles. The van der Waals surface area contributed by atoms with E-state index in [1.165, 1.54) is 6.42 Å². The maximum Gasteiger partial charge on any atom is 0.0794 e. The minimum absolute atomic E-state index is 0.119. The van der Waals surface area contributed by atoms with Crippen molar-refractivity contribution in [1.82, 2.24) is 4.98 Å². The van der Waals surface area contributed by atoms with Crippen molar-refractivity contribution in [2.45, 2.75) is 38.2 Å². The van der Waals surface area contributed by atoms with Gasteiger partial charge in [0.15, 0.2) is 0 Å². The summed E-state index contributed by atoms with van der Waals surface area (Å²) < 4.78 is 0. The van der Waals surface area contributed by atoms with Crippen molar-refractivity contribution in [3.05, 3.63) is 16.6 Å². The minimum atomic E-state index is -0.252. The molecule has 1 fully saturated rings. The maximum absolute atomic E-state index is 10.1. The van der Waals surface area contributed by atoms with Gasteiger partial charge >= 0.3 is 0 Å². The molecule has 15 heavy (non-hydrogen) atoms. The van der Waals surface area contributed by atoms with E-state index in [1.807, 2.05) is 5.51 Å². The highest BCUT2D eigenvalue weighted by Gasteiger charge is 2.39. The standard InChI is InChI=1S/C11H18N2OS/c12-7-11(4-2-1-3-10(11)14)5-9-6-15-8-13-9/h6,8,10,14H,1-5,7,12H2. The van der Waals surface area contributed by atoms with Crippen LogP contribution in [0.15, 0.2) is 10.9 Å². The van der Waals surface area contributed by atoms with Crippen LogP contribution in [0, 0.1) is 5.41 Å². The number of thiazole rings is 1. The van der Waals surface area contributed by atoms with E-state index in [2.05, 4.69) is 10.4 Å². The number of hydrogen-bond donors (Lipinski definition) is 2. The van der Waals surface area contributed by atoms with Crippen molar-refractivity contribution in [2.24, 2.45) is 11.1 Å². The van der Waals surface area contributed by atoms with Crippen LogP contribution in [0.3, 0.4) is 0 Å². The fourth-order valence-electron chi connectivity index (χ4n) is 2.49. The van der Waals surface area contributed by atoms with Crippen LogP contribution in [0.25, 0.3) is 0 Å². The molecule has 0 amide bonds. The number of aliphatic hydroxyl groups excluding tert-OH is 1. The van der Waals surface area contributed by atoms with E-state index in [4.69, 9.17) is 5.73 Å². The number of rotatable bonds is 3. The number of hydrogen-bond acceptors (Lipinski definition) is 4. The Morgan fingerprint density at radius 1 is 1.60 bits per heavy atom. The van der Waals surface area contributed by atoms with E-state index >= 15 is 0 Å². The number of nitrogens with two attached hydrogens (primary N) is 1. The second-order valence-corrected chi connectivity index (χ2v) is 5.20. The van der Waals surface area contributed by atoms with Gasteiger partial charge in [0.25, 0.3) is 0 Å². The topological polar surface area (TPSA) is 59.1 Å². The smallest absolute Gasteiger partial charge is 0.0794 e. The van der Waals surface area contributed by atoms with Crippen LogP contribution in [-0.2, 0) is 6.42 Å². The lowest BCUT2D eigenvalue weighted by atomic mass is 9.69. The summed E-state index contributed by atoms with van der Waals surface area (Å²) in [6.07, 6.45) is 4.80. The zero-order chi connectivity index (χ0) is 10.7. The summed E-state index contributed by atoms with van der Waals surface area (Å²) in [5, 5.41) is 12.2. The lowest BCUT2D eigenvalue weighted by Crippen LogP contribution is -2.45. The third-order valence-electron chi connectivity index (χ3n) is 3.53. The first-order valence-corrected chi connectivity index (χ1v) is 6.46. The van der Waals surface area contributed by atoms with E-state index in [1.54, 1.807) is 11.3 Å². The van der Waals surface area contributed by atoms with Crippen LogP contribution in [0.1, 0.15) is 31.4 Å². The highest BCUT2D eigenvalue weighted by atomic mass is 32.1.